The number of amidine groups is 1. The maximum absolute atomic E-state index is 9.83. The molecule has 3 aliphatic rings. The monoisotopic (exact) mass is 281 g/mol. The van der Waals surface area contributed by atoms with Crippen LogP contribution in [0.5, 0.6) is 0 Å². The van der Waals surface area contributed by atoms with Crippen LogP contribution in [0.2, 0.25) is 0 Å². The van der Waals surface area contributed by atoms with Crippen LogP contribution in [-0.2, 0) is 9.47 Å². The number of aliphatic imine (C=N–C) groups is 1. The van der Waals surface area contributed by atoms with Crippen LogP contribution in [0.25, 0.3) is 0 Å². The van der Waals surface area contributed by atoms with E-state index < -0.39 is 22.7 Å². The molecule has 21 heavy (non-hydrogen) atoms. The average Bonchev–Trinajstić information content (AvgIpc) is 2.78. The predicted octanol–water partition coefficient (Wildman–Crippen LogP) is 0.270. The average molecular weight is 281 g/mol. The molecule has 1 aromatic rings. The first-order valence-electron chi connectivity index (χ1n) is 6.55. The molecule has 0 bridgehead atoms. The Balaban J connectivity index is 1.95. The number of nitrogens with zero attached hydrogens (tertiary/aromatic N) is 4. The predicted molar refractivity (Wildman–Crippen MR) is 69.3 cm³/mol. The summed E-state index contributed by atoms with van der Waals surface area (Å²) in [5.74, 6) is -1.83. The normalized spacial score (nSPS) is 38.4. The molecule has 0 aromatic carbocycles. The van der Waals surface area contributed by atoms with Crippen LogP contribution in [0.1, 0.15) is 11.5 Å². The Bertz CT molecular complexity index is 728. The quantitative estimate of drug-likeness (QED) is 0.789. The van der Waals surface area contributed by atoms with Crippen molar-refractivity contribution in [2.45, 2.75) is 11.8 Å². The Hall–Kier alpha value is -2.48. The third kappa shape index (κ3) is 1.05. The van der Waals surface area contributed by atoms with Crippen LogP contribution in [0, 0.1) is 33.5 Å². The smallest absolute Gasteiger partial charge is 0.293 e. The molecule has 1 aromatic heterocycles. The fourth-order valence-corrected chi connectivity index (χ4v) is 3.77. The number of rotatable bonds is 1. The van der Waals surface area contributed by atoms with E-state index in [1.807, 2.05) is 6.07 Å². The minimum atomic E-state index is -1.47. The first kappa shape index (κ1) is 12.3. The molecule has 1 saturated carbocycles. The topological polar surface area (TPSA) is 117 Å². The number of aromatic nitrogens is 1. The summed E-state index contributed by atoms with van der Waals surface area (Å²) in [5, 5.41) is 19.5. The van der Waals surface area contributed by atoms with Gasteiger partial charge in [-0.25, -0.2) is 4.99 Å². The lowest BCUT2D eigenvalue weighted by atomic mass is 9.94. The van der Waals surface area contributed by atoms with Crippen molar-refractivity contribution in [3.8, 4) is 12.1 Å². The summed E-state index contributed by atoms with van der Waals surface area (Å²) in [6.07, 6.45) is 3.27. The van der Waals surface area contributed by atoms with E-state index >= 15 is 0 Å². The molecule has 2 aliphatic heterocycles. The van der Waals surface area contributed by atoms with Crippen molar-refractivity contribution < 1.29 is 9.47 Å². The van der Waals surface area contributed by atoms with Crippen molar-refractivity contribution in [1.29, 1.82) is 10.5 Å². The summed E-state index contributed by atoms with van der Waals surface area (Å²) in [6, 6.07) is 8.00. The molecule has 3 atom stereocenters. The third-order valence-corrected chi connectivity index (χ3v) is 4.62. The Labute approximate surface area is 120 Å². The first-order valence-corrected chi connectivity index (χ1v) is 6.55. The highest BCUT2D eigenvalue weighted by Gasteiger charge is 2.94. The van der Waals surface area contributed by atoms with Gasteiger partial charge in [-0.15, -0.1) is 0 Å². The first-order chi connectivity index (χ1) is 10.2. The fraction of sp³-hybridized carbons (Fsp3) is 0.429. The van der Waals surface area contributed by atoms with Crippen LogP contribution < -0.4 is 5.73 Å². The second-order valence-corrected chi connectivity index (χ2v) is 5.33. The van der Waals surface area contributed by atoms with E-state index in [4.69, 9.17) is 15.2 Å². The van der Waals surface area contributed by atoms with Gasteiger partial charge in [-0.2, -0.15) is 10.5 Å². The summed E-state index contributed by atoms with van der Waals surface area (Å²) in [7, 11) is 0. The number of hydrogen-bond acceptors (Lipinski definition) is 7. The van der Waals surface area contributed by atoms with E-state index in [0.717, 1.165) is 5.56 Å². The number of nitrogens with two attached hydrogens (primary N) is 1. The molecule has 1 spiro atoms. The fourth-order valence-electron chi connectivity index (χ4n) is 3.77. The number of ether oxygens (including phenoxy) is 2. The Morgan fingerprint density at radius 1 is 1.29 bits per heavy atom. The molecule has 3 unspecified atom stereocenters. The van der Waals surface area contributed by atoms with Gasteiger partial charge in [0.15, 0.2) is 5.41 Å². The number of nitriles is 2. The number of fused-ring (bicyclic) bond motifs is 2. The molecular weight excluding hydrogens is 270 g/mol. The molecule has 3 heterocycles. The number of pyridine rings is 1. The molecule has 2 fully saturated rings. The van der Waals surface area contributed by atoms with E-state index in [2.05, 4.69) is 22.1 Å². The lowest BCUT2D eigenvalue weighted by Gasteiger charge is -2.25. The second-order valence-electron chi connectivity index (χ2n) is 5.33. The van der Waals surface area contributed by atoms with Gasteiger partial charge in [-0.3, -0.25) is 4.98 Å². The van der Waals surface area contributed by atoms with Gasteiger partial charge in [-0.1, -0.05) is 6.07 Å². The van der Waals surface area contributed by atoms with Crippen molar-refractivity contribution in [2.75, 3.05) is 13.2 Å². The maximum Gasteiger partial charge on any atom is 0.293 e. The van der Waals surface area contributed by atoms with E-state index in [0.29, 0.717) is 13.2 Å². The molecule has 104 valence electrons. The lowest BCUT2D eigenvalue weighted by molar-refractivity contribution is -0.184. The molecule has 1 saturated heterocycles. The van der Waals surface area contributed by atoms with Crippen LogP contribution >= 0.6 is 0 Å². The lowest BCUT2D eigenvalue weighted by Crippen LogP contribution is -2.38. The standard InChI is InChI=1S/C14H11N5O2/c15-7-12-10(9-2-1-3-18-6-9)13(12,8-16)14(19-11(12)17)20-4-5-21-14/h1-3,6,10H,4-5H2,(H2,17,19). The SMILES string of the molecule is N#CC12C(N)=NC3(OCCO3)C1(C#N)C2c1cccnc1. The van der Waals surface area contributed by atoms with E-state index in [-0.39, 0.29) is 5.84 Å². The van der Waals surface area contributed by atoms with Crippen LogP contribution in [0.4, 0.5) is 0 Å². The summed E-state index contributed by atoms with van der Waals surface area (Å²) in [4.78, 5) is 8.26. The summed E-state index contributed by atoms with van der Waals surface area (Å²) in [6.45, 7) is 0.642. The number of hydrogen-bond donors (Lipinski definition) is 1. The minimum Gasteiger partial charge on any atom is -0.386 e. The molecule has 1 aliphatic carbocycles. The molecule has 2 N–H and O–H groups in total. The zero-order valence-corrected chi connectivity index (χ0v) is 11.0. The maximum atomic E-state index is 9.83. The van der Waals surface area contributed by atoms with Gasteiger partial charge in [0, 0.05) is 18.3 Å². The molecular formula is C14H11N5O2. The Morgan fingerprint density at radius 3 is 2.62 bits per heavy atom. The Kier molecular flexibility index (Phi) is 2.10. The van der Waals surface area contributed by atoms with Crippen LogP contribution in [0.15, 0.2) is 29.5 Å². The largest absolute Gasteiger partial charge is 0.386 e. The van der Waals surface area contributed by atoms with E-state index in [1.165, 1.54) is 0 Å². The highest BCUT2D eigenvalue weighted by atomic mass is 16.8. The molecule has 0 radical (unpaired) electrons. The van der Waals surface area contributed by atoms with Gasteiger partial charge in [0.2, 0.25) is 0 Å². The summed E-state index contributed by atoms with van der Waals surface area (Å²) in [5.41, 5.74) is 4.30. The third-order valence-electron chi connectivity index (χ3n) is 4.62. The van der Waals surface area contributed by atoms with E-state index in [9.17, 15) is 10.5 Å². The van der Waals surface area contributed by atoms with Crippen molar-refractivity contribution in [3.05, 3.63) is 30.1 Å². The molecule has 7 heteroatoms. The van der Waals surface area contributed by atoms with Gasteiger partial charge < -0.3 is 15.2 Å². The van der Waals surface area contributed by atoms with Crippen LogP contribution in [-0.4, -0.2) is 29.9 Å². The Morgan fingerprint density at radius 2 is 2.05 bits per heavy atom. The second kappa shape index (κ2) is 3.59. The highest BCUT2D eigenvalue weighted by Crippen LogP contribution is 2.82. The van der Waals surface area contributed by atoms with Gasteiger partial charge in [0.25, 0.3) is 5.91 Å². The van der Waals surface area contributed by atoms with Gasteiger partial charge in [0.05, 0.1) is 25.4 Å². The van der Waals surface area contributed by atoms with Crippen molar-refractivity contribution in [2.24, 2.45) is 21.6 Å². The zero-order chi connectivity index (χ0) is 14.7. The summed E-state index contributed by atoms with van der Waals surface area (Å²) >= 11 is 0. The zero-order valence-electron chi connectivity index (χ0n) is 11.0. The van der Waals surface area contributed by atoms with Crippen molar-refractivity contribution >= 4 is 5.84 Å². The van der Waals surface area contributed by atoms with Crippen LogP contribution in [0.3, 0.4) is 0 Å². The molecule has 7 nitrogen and oxygen atoms in total. The summed E-state index contributed by atoms with van der Waals surface area (Å²) < 4.78 is 11.2. The van der Waals surface area contributed by atoms with Gasteiger partial charge in [0.1, 0.15) is 11.3 Å². The van der Waals surface area contributed by atoms with Gasteiger partial charge >= 0.3 is 0 Å². The minimum absolute atomic E-state index is 0.0994. The highest BCUT2D eigenvalue weighted by molar-refractivity contribution is 6.00. The van der Waals surface area contributed by atoms with Crippen molar-refractivity contribution in [1.82, 2.24) is 4.98 Å². The van der Waals surface area contributed by atoms with E-state index in [1.54, 1.807) is 18.5 Å². The molecule has 4 rings (SSSR count). The van der Waals surface area contributed by atoms with Gasteiger partial charge in [-0.05, 0) is 11.6 Å². The van der Waals surface area contributed by atoms with Crippen molar-refractivity contribution in [3.63, 3.8) is 0 Å². The molecule has 0 amide bonds.